The van der Waals surface area contributed by atoms with Crippen molar-refractivity contribution < 1.29 is 31.2 Å². The van der Waals surface area contributed by atoms with E-state index in [9.17, 15) is 31.2 Å². The number of fused-ring (bicyclic) bond motifs is 5. The van der Waals surface area contributed by atoms with Crippen molar-refractivity contribution in [3.05, 3.63) is 35.9 Å². The van der Waals surface area contributed by atoms with E-state index in [4.69, 9.17) is 4.98 Å². The number of amides is 2. The van der Waals surface area contributed by atoms with Crippen LogP contribution in [0.15, 0.2) is 35.4 Å². The minimum Gasteiger partial charge on any atom is -0.370 e. The minimum absolute atomic E-state index is 0.0298. The van der Waals surface area contributed by atoms with Crippen LogP contribution in [-0.4, -0.2) is 61.5 Å². The van der Waals surface area contributed by atoms with Crippen molar-refractivity contribution in [1.29, 1.82) is 0 Å². The van der Waals surface area contributed by atoms with Gasteiger partial charge in [0.15, 0.2) is 5.03 Å². The molecule has 4 fully saturated rings. The van der Waals surface area contributed by atoms with Crippen LogP contribution in [-0.2, 0) is 14.8 Å². The van der Waals surface area contributed by atoms with Crippen molar-refractivity contribution in [2.24, 2.45) is 22.7 Å². The van der Waals surface area contributed by atoms with E-state index >= 15 is 0 Å². The maximum Gasteiger partial charge on any atom is 0.394 e. The van der Waals surface area contributed by atoms with E-state index in [-0.39, 0.29) is 41.2 Å². The van der Waals surface area contributed by atoms with Crippen molar-refractivity contribution in [1.82, 2.24) is 14.7 Å². The normalized spacial score (nSPS) is 29.2. The number of carbonyl (C=O) groups is 2. The highest BCUT2D eigenvalue weighted by Gasteiger charge is 2.63. The van der Waals surface area contributed by atoms with Gasteiger partial charge < -0.3 is 10.2 Å². The molecule has 3 atom stereocenters. The molecule has 14 heteroatoms. The molecule has 2 saturated heterocycles. The van der Waals surface area contributed by atoms with Gasteiger partial charge in [-0.25, -0.2) is 14.7 Å². The summed E-state index contributed by atoms with van der Waals surface area (Å²) in [5.74, 6) is 0.0769. The molecular formula is C32H39F3N6O4S. The number of sulfonamides is 1. The zero-order valence-corrected chi connectivity index (χ0v) is 26.8. The van der Waals surface area contributed by atoms with Gasteiger partial charge in [0.2, 0.25) is 5.91 Å². The fourth-order valence-corrected chi connectivity index (χ4v) is 9.07. The fraction of sp³-hybridized carbons (Fsp3) is 0.625. The summed E-state index contributed by atoms with van der Waals surface area (Å²) >= 11 is 0. The molecule has 3 aliphatic heterocycles. The van der Waals surface area contributed by atoms with Gasteiger partial charge in [0.1, 0.15) is 17.5 Å². The van der Waals surface area contributed by atoms with Crippen LogP contribution in [0.2, 0.25) is 0 Å². The first-order valence-corrected chi connectivity index (χ1v) is 17.6. The van der Waals surface area contributed by atoms with E-state index in [0.29, 0.717) is 62.3 Å². The summed E-state index contributed by atoms with van der Waals surface area (Å²) in [5, 5.41) is 2.94. The lowest BCUT2D eigenvalue weighted by molar-refractivity contribution is -0.189. The van der Waals surface area contributed by atoms with E-state index in [2.05, 4.69) is 33.8 Å². The monoisotopic (exact) mass is 660 g/mol. The molecule has 5 aliphatic rings. The number of nitrogens with one attached hydrogen (secondary N) is 2. The summed E-state index contributed by atoms with van der Waals surface area (Å²) in [6.45, 7) is 5.81. The molecule has 2 amide bonds. The molecule has 0 aromatic carbocycles. The number of carbonyl (C=O) groups excluding carboxylic acids is 2. The van der Waals surface area contributed by atoms with Gasteiger partial charge in [0.25, 0.3) is 15.9 Å². The van der Waals surface area contributed by atoms with Crippen LogP contribution in [0, 0.1) is 22.7 Å². The lowest BCUT2D eigenvalue weighted by Crippen LogP contribution is -2.41. The molecule has 5 heterocycles. The van der Waals surface area contributed by atoms with Gasteiger partial charge in [-0.2, -0.15) is 21.6 Å². The van der Waals surface area contributed by atoms with Gasteiger partial charge in [0, 0.05) is 31.1 Å². The SMILES string of the molecule is CC1(C)CC23CC2CCNc2cccc(n2)S(=O)(=O)NC(=O)c2ccc(N4CCC(CCCC5(C(F)(F)F)CC5)C4=O)nc2N1C3. The van der Waals surface area contributed by atoms with Crippen molar-refractivity contribution >= 4 is 39.3 Å². The highest BCUT2D eigenvalue weighted by atomic mass is 32.2. The van der Waals surface area contributed by atoms with Crippen molar-refractivity contribution in [2.45, 2.75) is 88.4 Å². The first-order chi connectivity index (χ1) is 21.6. The van der Waals surface area contributed by atoms with E-state index in [1.165, 1.54) is 12.1 Å². The summed E-state index contributed by atoms with van der Waals surface area (Å²) < 4.78 is 68.9. The molecule has 46 heavy (non-hydrogen) atoms. The number of halogens is 3. The Hall–Kier alpha value is -3.42. The second-order valence-corrected chi connectivity index (χ2v) is 16.2. The van der Waals surface area contributed by atoms with Crippen LogP contribution in [0.5, 0.6) is 0 Å². The third kappa shape index (κ3) is 5.39. The molecule has 7 rings (SSSR count). The van der Waals surface area contributed by atoms with Gasteiger partial charge in [-0.15, -0.1) is 0 Å². The molecule has 2 aromatic rings. The Morgan fingerprint density at radius 3 is 2.59 bits per heavy atom. The van der Waals surface area contributed by atoms with Crippen LogP contribution < -0.4 is 19.8 Å². The van der Waals surface area contributed by atoms with Crippen LogP contribution in [0.1, 0.15) is 82.0 Å². The zero-order chi connectivity index (χ0) is 32.7. The first-order valence-electron chi connectivity index (χ1n) is 16.1. The third-order valence-corrected chi connectivity index (χ3v) is 12.2. The Morgan fingerprint density at radius 2 is 1.85 bits per heavy atom. The maximum atomic E-state index is 13.7. The van der Waals surface area contributed by atoms with Crippen molar-refractivity contribution in [2.75, 3.05) is 34.8 Å². The number of pyridine rings is 2. The predicted octanol–water partition coefficient (Wildman–Crippen LogP) is 5.27. The van der Waals surface area contributed by atoms with Gasteiger partial charge in [0.05, 0.1) is 11.0 Å². The van der Waals surface area contributed by atoms with E-state index in [1.54, 1.807) is 23.1 Å². The molecule has 2 N–H and O–H groups in total. The first kappa shape index (κ1) is 31.2. The number of hydrogen-bond donors (Lipinski definition) is 2. The van der Waals surface area contributed by atoms with Crippen LogP contribution in [0.25, 0.3) is 0 Å². The smallest absolute Gasteiger partial charge is 0.370 e. The van der Waals surface area contributed by atoms with Gasteiger partial charge >= 0.3 is 6.18 Å². The minimum atomic E-state index is -4.32. The summed E-state index contributed by atoms with van der Waals surface area (Å²) in [4.78, 5) is 39.9. The maximum absolute atomic E-state index is 13.7. The summed E-state index contributed by atoms with van der Waals surface area (Å²) in [6.07, 6.45) is 0.144. The standard InChI is InChI=1S/C32H39F3N6O4S/c1-29(2)18-30-17-21(30)10-15-36-23-6-3-7-25(37-23)46(44,45)39-27(42)22-8-9-24(38-26(22)41(29)19-30)40-16-11-20(28(40)43)5-4-12-31(13-14-31)32(33,34)35/h3,6-9,20-21H,4-5,10-19H2,1-2H3,(H,36,37)(H,39,42). The van der Waals surface area contributed by atoms with E-state index < -0.39 is 39.0 Å². The number of aromatic nitrogens is 2. The van der Waals surface area contributed by atoms with E-state index in [1.807, 2.05) is 0 Å². The lowest BCUT2D eigenvalue weighted by atomic mass is 9.92. The van der Waals surface area contributed by atoms with Crippen LogP contribution in [0.3, 0.4) is 0 Å². The number of rotatable bonds is 5. The Balaban J connectivity index is 1.18. The topological polar surface area (TPSA) is 125 Å². The second-order valence-electron chi connectivity index (χ2n) is 14.5. The van der Waals surface area contributed by atoms with Crippen molar-refractivity contribution in [3.63, 3.8) is 0 Å². The third-order valence-electron chi connectivity index (χ3n) is 11.0. The molecule has 10 nitrogen and oxygen atoms in total. The van der Waals surface area contributed by atoms with Crippen LogP contribution in [0.4, 0.5) is 30.6 Å². The quantitative estimate of drug-likeness (QED) is 0.445. The average Bonchev–Trinajstić information content (AvgIpc) is 3.85. The zero-order valence-electron chi connectivity index (χ0n) is 26.0. The molecule has 3 unspecified atom stereocenters. The molecule has 1 spiro atoms. The fourth-order valence-electron chi connectivity index (χ4n) is 8.14. The Morgan fingerprint density at radius 1 is 1.07 bits per heavy atom. The number of hydrogen-bond acceptors (Lipinski definition) is 8. The highest BCUT2D eigenvalue weighted by Crippen LogP contribution is 2.64. The predicted molar refractivity (Wildman–Crippen MR) is 165 cm³/mol. The molecule has 0 radical (unpaired) electrons. The van der Waals surface area contributed by atoms with Crippen LogP contribution >= 0.6 is 0 Å². The van der Waals surface area contributed by atoms with E-state index in [0.717, 1.165) is 19.3 Å². The van der Waals surface area contributed by atoms with Gasteiger partial charge in [-0.3, -0.25) is 14.5 Å². The highest BCUT2D eigenvalue weighted by molar-refractivity contribution is 7.90. The molecule has 248 valence electrons. The summed E-state index contributed by atoms with van der Waals surface area (Å²) in [6, 6.07) is 7.65. The number of anilines is 3. The molecule has 2 aliphatic carbocycles. The molecular weight excluding hydrogens is 621 g/mol. The largest absolute Gasteiger partial charge is 0.394 e. The van der Waals surface area contributed by atoms with Gasteiger partial charge in [-0.05, 0) is 101 Å². The Kier molecular flexibility index (Phi) is 7.15. The van der Waals surface area contributed by atoms with Crippen molar-refractivity contribution in [3.8, 4) is 0 Å². The Labute approximate surface area is 266 Å². The Bertz CT molecular complexity index is 1690. The number of alkyl halides is 3. The molecule has 2 saturated carbocycles. The molecule has 4 bridgehead atoms. The average molecular weight is 661 g/mol. The lowest BCUT2D eigenvalue weighted by Gasteiger charge is -2.34. The number of nitrogens with zero attached hydrogens (tertiary/aromatic N) is 4. The summed E-state index contributed by atoms with van der Waals surface area (Å²) in [5.41, 5.74) is -1.88. The van der Waals surface area contributed by atoms with Gasteiger partial charge in [-0.1, -0.05) is 12.5 Å². The molecule has 2 aromatic heterocycles. The summed E-state index contributed by atoms with van der Waals surface area (Å²) in [7, 11) is -4.32. The second kappa shape index (κ2) is 10.5.